The Hall–Kier alpha value is -3.48. The number of pyridine rings is 1. The molecule has 0 fully saturated rings. The number of nitrogens with zero attached hydrogens (tertiary/aromatic N) is 3. The minimum absolute atomic E-state index is 0.201. The number of aryl methyl sites for hydroxylation is 1. The molecule has 0 aliphatic rings. The number of carbonyl (C=O) groups excluding carboxylic acids is 2. The van der Waals surface area contributed by atoms with Gasteiger partial charge in [-0.1, -0.05) is 35.5 Å². The van der Waals surface area contributed by atoms with Crippen LogP contribution in [0.5, 0.6) is 0 Å². The number of anilines is 1. The van der Waals surface area contributed by atoms with Gasteiger partial charge in [-0.2, -0.15) is 0 Å². The van der Waals surface area contributed by atoms with Gasteiger partial charge >= 0.3 is 0 Å². The molecule has 0 bridgehead atoms. The van der Waals surface area contributed by atoms with Gasteiger partial charge in [0.25, 0.3) is 11.8 Å². The third-order valence-corrected chi connectivity index (χ3v) is 3.72. The molecular weight excluding hydrogens is 332 g/mol. The summed E-state index contributed by atoms with van der Waals surface area (Å²) in [5.74, 6) is 0.257. The maximum absolute atomic E-state index is 12.6. The van der Waals surface area contributed by atoms with Crippen LogP contribution in [0.25, 0.3) is 0 Å². The monoisotopic (exact) mass is 350 g/mol. The summed E-state index contributed by atoms with van der Waals surface area (Å²) in [5.41, 5.74) is 1.53. The number of hydrogen-bond acceptors (Lipinski definition) is 5. The number of aromatic nitrogens is 2. The molecule has 132 valence electrons. The van der Waals surface area contributed by atoms with Gasteiger partial charge in [-0.3, -0.25) is 14.6 Å². The van der Waals surface area contributed by atoms with E-state index >= 15 is 0 Å². The number of nitrogens with one attached hydrogen (secondary N) is 1. The second-order valence-electron chi connectivity index (χ2n) is 5.85. The molecule has 0 atom stereocenters. The summed E-state index contributed by atoms with van der Waals surface area (Å²) in [7, 11) is 1.70. The molecule has 0 aliphatic carbocycles. The summed E-state index contributed by atoms with van der Waals surface area (Å²) in [6, 6.07) is 14.3. The Labute approximate surface area is 150 Å². The molecule has 0 saturated heterocycles. The summed E-state index contributed by atoms with van der Waals surface area (Å²) in [6.45, 7) is 2.18. The Morgan fingerprint density at radius 3 is 2.62 bits per heavy atom. The van der Waals surface area contributed by atoms with E-state index in [1.165, 1.54) is 18.3 Å². The van der Waals surface area contributed by atoms with Gasteiger partial charge in [0.1, 0.15) is 11.5 Å². The van der Waals surface area contributed by atoms with E-state index in [1.54, 1.807) is 24.9 Å². The van der Waals surface area contributed by atoms with Crippen LogP contribution >= 0.6 is 0 Å². The van der Waals surface area contributed by atoms with Crippen molar-refractivity contribution in [3.8, 4) is 0 Å². The molecule has 7 heteroatoms. The Bertz CT molecular complexity index is 921. The van der Waals surface area contributed by atoms with Crippen LogP contribution in [-0.2, 0) is 6.54 Å². The lowest BCUT2D eigenvalue weighted by Gasteiger charge is -2.17. The van der Waals surface area contributed by atoms with Gasteiger partial charge in [0.15, 0.2) is 5.82 Å². The average molecular weight is 350 g/mol. The Morgan fingerprint density at radius 1 is 1.15 bits per heavy atom. The third-order valence-electron chi connectivity index (χ3n) is 3.72. The maximum atomic E-state index is 12.6. The van der Waals surface area contributed by atoms with Crippen LogP contribution in [0.1, 0.15) is 32.2 Å². The van der Waals surface area contributed by atoms with E-state index in [0.717, 1.165) is 5.56 Å². The van der Waals surface area contributed by atoms with Crippen LogP contribution in [0.15, 0.2) is 59.3 Å². The zero-order valence-electron chi connectivity index (χ0n) is 14.5. The second-order valence-corrected chi connectivity index (χ2v) is 5.85. The molecule has 3 rings (SSSR count). The standard InChI is InChI=1S/C19H18N4O3/c1-13-10-17(22-26-13)21-18(24)15-8-9-20-16(11-15)19(25)23(2)12-14-6-4-3-5-7-14/h3-11H,12H2,1-2H3,(H,21,22,24). The fourth-order valence-corrected chi connectivity index (χ4v) is 2.43. The maximum Gasteiger partial charge on any atom is 0.272 e. The summed E-state index contributed by atoms with van der Waals surface area (Å²) < 4.78 is 4.91. The number of hydrogen-bond donors (Lipinski definition) is 1. The summed E-state index contributed by atoms with van der Waals surface area (Å²) in [6.07, 6.45) is 1.44. The van der Waals surface area contributed by atoms with Crippen molar-refractivity contribution in [2.24, 2.45) is 0 Å². The van der Waals surface area contributed by atoms with Gasteiger partial charge in [0.2, 0.25) is 0 Å². The number of benzene rings is 1. The Kier molecular flexibility index (Phi) is 5.07. The van der Waals surface area contributed by atoms with Crippen molar-refractivity contribution < 1.29 is 14.1 Å². The van der Waals surface area contributed by atoms with E-state index in [0.29, 0.717) is 23.7 Å². The van der Waals surface area contributed by atoms with Crippen LogP contribution in [0.3, 0.4) is 0 Å². The van der Waals surface area contributed by atoms with Gasteiger partial charge in [-0.05, 0) is 24.6 Å². The van der Waals surface area contributed by atoms with E-state index in [9.17, 15) is 9.59 Å². The normalized spacial score (nSPS) is 10.4. The van der Waals surface area contributed by atoms with Crippen LogP contribution in [0.4, 0.5) is 5.82 Å². The van der Waals surface area contributed by atoms with E-state index in [1.807, 2.05) is 30.3 Å². The first kappa shape index (κ1) is 17.3. The van der Waals surface area contributed by atoms with Crippen molar-refractivity contribution in [2.45, 2.75) is 13.5 Å². The molecule has 0 spiro atoms. The average Bonchev–Trinajstić information content (AvgIpc) is 3.06. The molecular formula is C19H18N4O3. The summed E-state index contributed by atoms with van der Waals surface area (Å²) in [5, 5.41) is 6.33. The van der Waals surface area contributed by atoms with E-state index in [2.05, 4.69) is 15.5 Å². The molecule has 26 heavy (non-hydrogen) atoms. The SMILES string of the molecule is Cc1cc(NC(=O)c2ccnc(C(=O)N(C)Cc3ccccc3)c2)no1. The highest BCUT2D eigenvalue weighted by atomic mass is 16.5. The third kappa shape index (κ3) is 4.13. The first-order chi connectivity index (χ1) is 12.5. The highest BCUT2D eigenvalue weighted by Crippen LogP contribution is 2.12. The van der Waals surface area contributed by atoms with Gasteiger partial charge in [-0.15, -0.1) is 0 Å². The van der Waals surface area contributed by atoms with Crippen LogP contribution in [0, 0.1) is 6.92 Å². The molecule has 3 aromatic rings. The van der Waals surface area contributed by atoms with Crippen molar-refractivity contribution in [2.75, 3.05) is 12.4 Å². The lowest BCUT2D eigenvalue weighted by molar-refractivity contribution is 0.0779. The molecule has 1 N–H and O–H groups in total. The Balaban J connectivity index is 1.71. The zero-order chi connectivity index (χ0) is 18.5. The van der Waals surface area contributed by atoms with Crippen molar-refractivity contribution >= 4 is 17.6 Å². The molecule has 0 radical (unpaired) electrons. The first-order valence-corrected chi connectivity index (χ1v) is 8.03. The van der Waals surface area contributed by atoms with E-state index in [4.69, 9.17) is 4.52 Å². The highest BCUT2D eigenvalue weighted by molar-refractivity contribution is 6.05. The zero-order valence-corrected chi connectivity index (χ0v) is 14.5. The second kappa shape index (κ2) is 7.60. The van der Waals surface area contributed by atoms with Gasteiger partial charge in [0.05, 0.1) is 0 Å². The van der Waals surface area contributed by atoms with Gasteiger partial charge < -0.3 is 14.7 Å². The molecule has 2 amide bonds. The highest BCUT2D eigenvalue weighted by Gasteiger charge is 2.16. The molecule has 1 aromatic carbocycles. The van der Waals surface area contributed by atoms with Gasteiger partial charge in [0, 0.05) is 31.4 Å². The predicted octanol–water partition coefficient (Wildman–Crippen LogP) is 2.90. The minimum Gasteiger partial charge on any atom is -0.360 e. The molecule has 2 aromatic heterocycles. The van der Waals surface area contributed by atoms with Crippen LogP contribution in [0.2, 0.25) is 0 Å². The number of amides is 2. The van der Waals surface area contributed by atoms with E-state index < -0.39 is 0 Å². The smallest absolute Gasteiger partial charge is 0.272 e. The Morgan fingerprint density at radius 2 is 1.92 bits per heavy atom. The van der Waals surface area contributed by atoms with Crippen LogP contribution in [-0.4, -0.2) is 33.9 Å². The quantitative estimate of drug-likeness (QED) is 0.764. The molecule has 0 saturated carbocycles. The number of rotatable bonds is 5. The van der Waals surface area contributed by atoms with Crippen molar-refractivity contribution in [1.82, 2.24) is 15.0 Å². The van der Waals surface area contributed by atoms with Crippen molar-refractivity contribution in [1.29, 1.82) is 0 Å². The summed E-state index contributed by atoms with van der Waals surface area (Å²) >= 11 is 0. The fraction of sp³-hybridized carbons (Fsp3) is 0.158. The largest absolute Gasteiger partial charge is 0.360 e. The minimum atomic E-state index is -0.388. The van der Waals surface area contributed by atoms with Gasteiger partial charge in [-0.25, -0.2) is 0 Å². The molecule has 0 unspecified atom stereocenters. The topological polar surface area (TPSA) is 88.3 Å². The lowest BCUT2D eigenvalue weighted by atomic mass is 10.2. The lowest BCUT2D eigenvalue weighted by Crippen LogP contribution is -2.27. The van der Waals surface area contributed by atoms with E-state index in [-0.39, 0.29) is 17.5 Å². The number of carbonyl (C=O) groups is 2. The van der Waals surface area contributed by atoms with Crippen molar-refractivity contribution in [3.63, 3.8) is 0 Å². The predicted molar refractivity (Wildman–Crippen MR) is 95.7 cm³/mol. The molecule has 0 aliphatic heterocycles. The van der Waals surface area contributed by atoms with Crippen molar-refractivity contribution in [3.05, 3.63) is 77.3 Å². The fourth-order valence-electron chi connectivity index (χ4n) is 2.43. The first-order valence-electron chi connectivity index (χ1n) is 8.03. The van der Waals surface area contributed by atoms with Crippen LogP contribution < -0.4 is 5.32 Å². The molecule has 7 nitrogen and oxygen atoms in total. The molecule has 2 heterocycles. The summed E-state index contributed by atoms with van der Waals surface area (Å²) in [4.78, 5) is 30.5.